The Morgan fingerprint density at radius 2 is 2.60 bits per heavy atom. The summed E-state index contributed by atoms with van der Waals surface area (Å²) in [5.74, 6) is 0. The molecule has 0 N–H and O–H groups in total. The predicted octanol–water partition coefficient (Wildman–Crippen LogP) is 0.0154. The average Bonchev–Trinajstić information content (AvgIpc) is 1.41. The third-order valence-corrected chi connectivity index (χ3v) is 0.144. The number of hydrogen-bond donors (Lipinski definition) is 0. The highest BCUT2D eigenvalue weighted by molar-refractivity contribution is 5.55. The fourth-order valence-corrected chi connectivity index (χ4v) is 0.0323. The van der Waals surface area contributed by atoms with Crippen LogP contribution in [0.2, 0.25) is 0 Å². The molecule has 26 valence electrons. The van der Waals surface area contributed by atoms with Gasteiger partial charge >= 0.3 is 0 Å². The lowest BCUT2D eigenvalue weighted by atomic mass is 10.8. The minimum Gasteiger partial charge on any atom is -0.535 e. The summed E-state index contributed by atoms with van der Waals surface area (Å²) in [6, 6.07) is 0. The molecule has 0 bridgehead atoms. The van der Waals surface area contributed by atoms with Gasteiger partial charge in [-0.05, 0) is 0 Å². The molecule has 0 unspecified atom stereocenters. The summed E-state index contributed by atoms with van der Waals surface area (Å²) < 4.78 is 0. The van der Waals surface area contributed by atoms with Crippen LogP contribution in [-0.2, 0) is 4.79 Å². The maximum Gasteiger partial charge on any atom is 0.129 e. The van der Waals surface area contributed by atoms with E-state index in [2.05, 4.69) is 4.85 Å². The Morgan fingerprint density at radius 1 is 2.00 bits per heavy atom. The molecule has 0 aliphatic rings. The van der Waals surface area contributed by atoms with E-state index in [4.69, 9.17) is 11.4 Å². The molecule has 0 aromatic rings. The second-order valence-electron chi connectivity index (χ2n) is 0.461. The van der Waals surface area contributed by atoms with E-state index in [-0.39, 0.29) is 6.54 Å². The van der Waals surface area contributed by atoms with Crippen molar-refractivity contribution in [3.63, 3.8) is 0 Å². The van der Waals surface area contributed by atoms with Gasteiger partial charge < -0.3 is 9.64 Å². The third kappa shape index (κ3) is 3.16. The van der Waals surface area contributed by atoms with Crippen LogP contribution in [0.3, 0.4) is 0 Å². The molecule has 0 atom stereocenters. The van der Waals surface area contributed by atoms with Crippen LogP contribution in [0.4, 0.5) is 0 Å². The van der Waals surface area contributed by atoms with Crippen molar-refractivity contribution in [1.29, 1.82) is 0 Å². The Balaban J connectivity index is 2.75. The average molecular weight is 68.1 g/mol. The standard InChI is InChI=1S/C3H2NO/c1-4-2-3-5/h2H2/q-1. The van der Waals surface area contributed by atoms with Crippen LogP contribution in [0.1, 0.15) is 0 Å². The molecule has 0 amide bonds. The predicted molar refractivity (Wildman–Crippen MR) is 17.2 cm³/mol. The van der Waals surface area contributed by atoms with Crippen LogP contribution >= 0.6 is 0 Å². The summed E-state index contributed by atoms with van der Waals surface area (Å²) in [6.45, 7) is 5.84. The Morgan fingerprint density at radius 3 is 2.60 bits per heavy atom. The first-order valence-corrected chi connectivity index (χ1v) is 1.10. The van der Waals surface area contributed by atoms with E-state index in [1.54, 1.807) is 0 Å². The highest BCUT2D eigenvalue weighted by Gasteiger charge is 1.47. The van der Waals surface area contributed by atoms with Gasteiger partial charge in [-0.1, -0.05) is 0 Å². The summed E-state index contributed by atoms with van der Waals surface area (Å²) >= 11 is 0. The number of carbonyl (C=O) groups excluding carboxylic acids is 1. The van der Waals surface area contributed by atoms with Gasteiger partial charge in [0.25, 0.3) is 0 Å². The van der Waals surface area contributed by atoms with Crippen LogP contribution in [-0.4, -0.2) is 12.8 Å². The van der Waals surface area contributed by atoms with Gasteiger partial charge in [-0.25, -0.2) is 6.57 Å². The first kappa shape index (κ1) is 4.16. The fraction of sp³-hybridized carbons (Fsp3) is 0.333. The highest BCUT2D eigenvalue weighted by Crippen LogP contribution is 1.50. The van der Waals surface area contributed by atoms with Crippen molar-refractivity contribution in [2.45, 2.75) is 0 Å². The van der Waals surface area contributed by atoms with Gasteiger partial charge in [-0.2, -0.15) is 6.29 Å². The van der Waals surface area contributed by atoms with Crippen molar-refractivity contribution in [2.24, 2.45) is 0 Å². The lowest BCUT2D eigenvalue weighted by Gasteiger charge is -1.69. The molecule has 2 heteroatoms. The summed E-state index contributed by atoms with van der Waals surface area (Å²) in [5, 5.41) is 0. The van der Waals surface area contributed by atoms with Gasteiger partial charge in [0.05, 0.1) is 0 Å². The van der Waals surface area contributed by atoms with Crippen molar-refractivity contribution < 1.29 is 4.79 Å². The maximum atomic E-state index is 9.07. The lowest BCUT2D eigenvalue weighted by Crippen LogP contribution is -1.68. The Labute approximate surface area is 30.2 Å². The van der Waals surface area contributed by atoms with Crippen LogP contribution < -0.4 is 0 Å². The molecular formula is C3H2NO-. The molecular weight excluding hydrogens is 66.0 g/mol. The van der Waals surface area contributed by atoms with Gasteiger partial charge in [-0.15, -0.1) is 0 Å². The second-order valence-corrected chi connectivity index (χ2v) is 0.461. The molecule has 2 nitrogen and oxygen atoms in total. The van der Waals surface area contributed by atoms with Gasteiger partial charge in [-0.3, -0.25) is 0 Å². The van der Waals surface area contributed by atoms with Crippen LogP contribution in [0, 0.1) is 6.57 Å². The van der Waals surface area contributed by atoms with E-state index in [1.165, 1.54) is 6.29 Å². The largest absolute Gasteiger partial charge is 0.535 e. The quantitative estimate of drug-likeness (QED) is 0.397. The van der Waals surface area contributed by atoms with Crippen molar-refractivity contribution >= 4 is 6.29 Å². The zero-order valence-corrected chi connectivity index (χ0v) is 2.56. The van der Waals surface area contributed by atoms with Crippen molar-refractivity contribution in [3.8, 4) is 0 Å². The molecule has 0 aliphatic carbocycles. The smallest absolute Gasteiger partial charge is 0.129 e. The molecule has 0 spiro atoms. The molecule has 0 aromatic carbocycles. The first-order valence-electron chi connectivity index (χ1n) is 1.10. The molecule has 0 heterocycles. The van der Waals surface area contributed by atoms with Gasteiger partial charge in [0, 0.05) is 0 Å². The molecule has 0 aromatic heterocycles. The molecule has 5 heavy (non-hydrogen) atoms. The van der Waals surface area contributed by atoms with Gasteiger partial charge in [0.15, 0.2) is 0 Å². The monoisotopic (exact) mass is 68.0 g/mol. The normalized spacial score (nSPS) is 5.40. The zero-order chi connectivity index (χ0) is 4.12. The summed E-state index contributed by atoms with van der Waals surface area (Å²) in [6.07, 6.45) is 1.41. The highest BCUT2D eigenvalue weighted by atomic mass is 16.1. The zero-order valence-electron chi connectivity index (χ0n) is 2.56. The lowest BCUT2D eigenvalue weighted by molar-refractivity contribution is 0.558. The molecule has 0 saturated heterocycles. The van der Waals surface area contributed by atoms with Crippen molar-refractivity contribution in [1.82, 2.24) is 0 Å². The van der Waals surface area contributed by atoms with E-state index in [9.17, 15) is 0 Å². The van der Waals surface area contributed by atoms with Crippen LogP contribution in [0.5, 0.6) is 0 Å². The van der Waals surface area contributed by atoms with Crippen molar-refractivity contribution in [3.05, 3.63) is 11.4 Å². The Hall–Kier alpha value is -0.840. The van der Waals surface area contributed by atoms with E-state index >= 15 is 0 Å². The first-order chi connectivity index (χ1) is 2.41. The maximum absolute atomic E-state index is 9.07. The molecule has 0 aliphatic heterocycles. The fourth-order valence-electron chi connectivity index (χ4n) is 0.0323. The van der Waals surface area contributed by atoms with E-state index < -0.39 is 0 Å². The van der Waals surface area contributed by atoms with Gasteiger partial charge in [0.1, 0.15) is 6.54 Å². The Kier molecular flexibility index (Phi) is 2.63. The molecule has 0 radical (unpaired) electrons. The molecule has 0 fully saturated rings. The van der Waals surface area contributed by atoms with E-state index in [0.29, 0.717) is 0 Å². The summed E-state index contributed by atoms with van der Waals surface area (Å²) in [7, 11) is 0. The van der Waals surface area contributed by atoms with E-state index in [1.807, 2.05) is 0 Å². The molecule has 0 rings (SSSR count). The van der Waals surface area contributed by atoms with Crippen molar-refractivity contribution in [2.75, 3.05) is 6.54 Å². The summed E-state index contributed by atoms with van der Waals surface area (Å²) in [5.41, 5.74) is 0. The van der Waals surface area contributed by atoms with Gasteiger partial charge in [0.2, 0.25) is 0 Å². The van der Waals surface area contributed by atoms with Crippen LogP contribution in [0.15, 0.2) is 0 Å². The second kappa shape index (κ2) is 3.16. The minimum absolute atomic E-state index is 0.125. The minimum atomic E-state index is -0.125. The number of rotatable bonds is 1. The Bertz CT molecular complexity index is 61.8. The van der Waals surface area contributed by atoms with E-state index in [0.717, 1.165) is 0 Å². The SMILES string of the molecule is [C-]#[N+]C[C-]=O. The topological polar surface area (TPSA) is 21.4 Å². The summed E-state index contributed by atoms with van der Waals surface area (Å²) in [4.78, 5) is 11.7. The number of nitrogens with zero attached hydrogens (tertiary/aromatic N) is 1. The third-order valence-electron chi connectivity index (χ3n) is 0.144. The number of hydrogen-bond acceptors (Lipinski definition) is 1. The van der Waals surface area contributed by atoms with Crippen LogP contribution in [0.25, 0.3) is 4.85 Å². The molecule has 0 saturated carbocycles.